The van der Waals surface area contributed by atoms with Crippen molar-refractivity contribution in [1.29, 1.82) is 0 Å². The maximum atomic E-state index is 10.7. The molecule has 1 aliphatic heterocycles. The predicted octanol–water partition coefficient (Wildman–Crippen LogP) is 2.01. The van der Waals surface area contributed by atoms with Crippen molar-refractivity contribution in [2.45, 2.75) is 6.92 Å². The normalized spacial score (nSPS) is 16.7. The molecule has 0 aliphatic carbocycles. The first-order chi connectivity index (χ1) is 8.66. The van der Waals surface area contributed by atoms with E-state index in [4.69, 9.17) is 9.84 Å². The molecule has 1 saturated heterocycles. The summed E-state index contributed by atoms with van der Waals surface area (Å²) >= 11 is 0. The molecular formula is C14H17NO3. The van der Waals surface area contributed by atoms with Gasteiger partial charge in [0.25, 0.3) is 0 Å². The molecule has 0 amide bonds. The predicted molar refractivity (Wildman–Crippen MR) is 70.8 cm³/mol. The minimum atomic E-state index is -0.882. The van der Waals surface area contributed by atoms with E-state index in [0.717, 1.165) is 37.6 Å². The Hall–Kier alpha value is -1.81. The lowest BCUT2D eigenvalue weighted by Crippen LogP contribution is -2.36. The first kappa shape index (κ1) is 12.6. The van der Waals surface area contributed by atoms with E-state index in [1.807, 2.05) is 24.3 Å². The first-order valence-corrected chi connectivity index (χ1v) is 6.01. The van der Waals surface area contributed by atoms with Crippen LogP contribution in [0.2, 0.25) is 0 Å². The zero-order chi connectivity index (χ0) is 13.0. The van der Waals surface area contributed by atoms with E-state index in [0.29, 0.717) is 5.57 Å². The fraction of sp³-hybridized carbons (Fsp3) is 0.357. The van der Waals surface area contributed by atoms with Gasteiger partial charge in [0, 0.05) is 24.4 Å². The van der Waals surface area contributed by atoms with Gasteiger partial charge in [0.1, 0.15) is 0 Å². The van der Waals surface area contributed by atoms with Gasteiger partial charge in [-0.2, -0.15) is 0 Å². The fourth-order valence-corrected chi connectivity index (χ4v) is 1.91. The maximum absolute atomic E-state index is 10.7. The van der Waals surface area contributed by atoms with Gasteiger partial charge in [-0.1, -0.05) is 12.1 Å². The van der Waals surface area contributed by atoms with E-state index < -0.39 is 5.97 Å². The summed E-state index contributed by atoms with van der Waals surface area (Å²) < 4.78 is 5.31. The van der Waals surface area contributed by atoms with Crippen molar-refractivity contribution in [3.8, 4) is 0 Å². The molecule has 0 radical (unpaired) electrons. The van der Waals surface area contributed by atoms with Crippen molar-refractivity contribution < 1.29 is 14.6 Å². The number of aliphatic carboxylic acids is 1. The topological polar surface area (TPSA) is 49.8 Å². The molecule has 4 heteroatoms. The number of benzene rings is 1. The van der Waals surface area contributed by atoms with Crippen molar-refractivity contribution >= 4 is 17.7 Å². The van der Waals surface area contributed by atoms with Gasteiger partial charge >= 0.3 is 5.97 Å². The van der Waals surface area contributed by atoms with Crippen molar-refractivity contribution in [3.05, 3.63) is 35.4 Å². The number of rotatable bonds is 3. The fourth-order valence-electron chi connectivity index (χ4n) is 1.91. The molecule has 18 heavy (non-hydrogen) atoms. The van der Waals surface area contributed by atoms with Crippen LogP contribution in [0.3, 0.4) is 0 Å². The molecule has 1 N–H and O–H groups in total. The summed E-state index contributed by atoms with van der Waals surface area (Å²) in [7, 11) is 0. The number of carboxylic acids is 1. The van der Waals surface area contributed by atoms with Crippen LogP contribution in [-0.4, -0.2) is 37.4 Å². The molecule has 0 saturated carbocycles. The molecular weight excluding hydrogens is 230 g/mol. The molecule has 0 unspecified atom stereocenters. The largest absolute Gasteiger partial charge is 0.478 e. The van der Waals surface area contributed by atoms with Gasteiger partial charge in [-0.3, -0.25) is 0 Å². The third kappa shape index (κ3) is 3.11. The Kier molecular flexibility index (Phi) is 3.99. The number of carboxylic acid groups (broad SMARTS) is 1. The Labute approximate surface area is 106 Å². The van der Waals surface area contributed by atoms with E-state index in [9.17, 15) is 4.79 Å². The number of anilines is 1. The molecule has 0 aromatic heterocycles. The zero-order valence-corrected chi connectivity index (χ0v) is 10.4. The van der Waals surface area contributed by atoms with E-state index in [-0.39, 0.29) is 0 Å². The van der Waals surface area contributed by atoms with Crippen LogP contribution in [0.4, 0.5) is 5.69 Å². The zero-order valence-electron chi connectivity index (χ0n) is 10.4. The van der Waals surface area contributed by atoms with Crippen LogP contribution < -0.4 is 4.90 Å². The lowest BCUT2D eigenvalue weighted by molar-refractivity contribution is -0.132. The number of morpholine rings is 1. The Balaban J connectivity index is 2.09. The number of hydrogen-bond acceptors (Lipinski definition) is 3. The Morgan fingerprint density at radius 2 is 1.89 bits per heavy atom. The SMILES string of the molecule is C/C(=C\c1ccc(N2CCOCC2)cc1)C(=O)O. The van der Waals surface area contributed by atoms with E-state index in [2.05, 4.69) is 4.90 Å². The summed E-state index contributed by atoms with van der Waals surface area (Å²) in [6.07, 6.45) is 1.67. The van der Waals surface area contributed by atoms with Crippen LogP contribution in [0.25, 0.3) is 6.08 Å². The average molecular weight is 247 g/mol. The van der Waals surface area contributed by atoms with Gasteiger partial charge in [-0.25, -0.2) is 4.79 Å². The van der Waals surface area contributed by atoms with Crippen LogP contribution in [-0.2, 0) is 9.53 Å². The number of carbonyl (C=O) groups is 1. The highest BCUT2D eigenvalue weighted by Gasteiger charge is 2.10. The molecule has 0 atom stereocenters. The van der Waals surface area contributed by atoms with Gasteiger partial charge in [-0.05, 0) is 30.7 Å². The highest BCUT2D eigenvalue weighted by atomic mass is 16.5. The minimum absolute atomic E-state index is 0.342. The molecule has 1 aromatic rings. The van der Waals surface area contributed by atoms with E-state index in [1.165, 1.54) is 0 Å². The van der Waals surface area contributed by atoms with Gasteiger partial charge in [-0.15, -0.1) is 0 Å². The van der Waals surface area contributed by atoms with Crippen molar-refractivity contribution in [1.82, 2.24) is 0 Å². The molecule has 0 bridgehead atoms. The van der Waals surface area contributed by atoms with E-state index >= 15 is 0 Å². The first-order valence-electron chi connectivity index (χ1n) is 6.01. The Morgan fingerprint density at radius 1 is 1.28 bits per heavy atom. The average Bonchev–Trinajstić information content (AvgIpc) is 2.40. The summed E-state index contributed by atoms with van der Waals surface area (Å²) in [6, 6.07) is 7.92. The maximum Gasteiger partial charge on any atom is 0.331 e. The number of ether oxygens (including phenoxy) is 1. The molecule has 1 aliphatic rings. The summed E-state index contributed by atoms with van der Waals surface area (Å²) in [5.74, 6) is -0.882. The molecule has 96 valence electrons. The van der Waals surface area contributed by atoms with Crippen LogP contribution in [0.15, 0.2) is 29.8 Å². The van der Waals surface area contributed by atoms with Crippen LogP contribution >= 0.6 is 0 Å². The highest BCUT2D eigenvalue weighted by molar-refractivity contribution is 5.91. The molecule has 0 spiro atoms. The van der Waals surface area contributed by atoms with Gasteiger partial charge < -0.3 is 14.7 Å². The monoisotopic (exact) mass is 247 g/mol. The number of nitrogens with zero attached hydrogens (tertiary/aromatic N) is 1. The summed E-state index contributed by atoms with van der Waals surface area (Å²) in [6.45, 7) is 4.93. The second-order valence-electron chi connectivity index (χ2n) is 4.32. The van der Waals surface area contributed by atoms with Crippen LogP contribution in [0, 0.1) is 0 Å². The molecule has 1 heterocycles. The second-order valence-corrected chi connectivity index (χ2v) is 4.32. The van der Waals surface area contributed by atoms with Crippen molar-refractivity contribution in [3.63, 3.8) is 0 Å². The third-order valence-corrected chi connectivity index (χ3v) is 2.99. The Bertz CT molecular complexity index is 445. The molecule has 1 aromatic carbocycles. The lowest BCUT2D eigenvalue weighted by atomic mass is 10.1. The number of hydrogen-bond donors (Lipinski definition) is 1. The summed E-state index contributed by atoms with van der Waals surface area (Å²) in [5, 5.41) is 8.81. The van der Waals surface area contributed by atoms with Crippen LogP contribution in [0.1, 0.15) is 12.5 Å². The summed E-state index contributed by atoms with van der Waals surface area (Å²) in [5.41, 5.74) is 2.41. The summed E-state index contributed by atoms with van der Waals surface area (Å²) in [4.78, 5) is 13.0. The third-order valence-electron chi connectivity index (χ3n) is 2.99. The molecule has 4 nitrogen and oxygen atoms in total. The van der Waals surface area contributed by atoms with Gasteiger partial charge in [0.2, 0.25) is 0 Å². The van der Waals surface area contributed by atoms with Crippen LogP contribution in [0.5, 0.6) is 0 Å². The standard InChI is InChI=1S/C14H17NO3/c1-11(14(16)17)10-12-2-4-13(5-3-12)15-6-8-18-9-7-15/h2-5,10H,6-9H2,1H3,(H,16,17)/b11-10+. The highest BCUT2D eigenvalue weighted by Crippen LogP contribution is 2.18. The smallest absolute Gasteiger partial charge is 0.331 e. The molecule has 2 rings (SSSR count). The lowest BCUT2D eigenvalue weighted by Gasteiger charge is -2.28. The van der Waals surface area contributed by atoms with Crippen molar-refractivity contribution in [2.75, 3.05) is 31.2 Å². The van der Waals surface area contributed by atoms with Crippen molar-refractivity contribution in [2.24, 2.45) is 0 Å². The second kappa shape index (κ2) is 5.69. The Morgan fingerprint density at radius 3 is 2.44 bits per heavy atom. The van der Waals surface area contributed by atoms with Gasteiger partial charge in [0.05, 0.1) is 13.2 Å². The quantitative estimate of drug-likeness (QED) is 0.830. The van der Waals surface area contributed by atoms with E-state index in [1.54, 1.807) is 13.0 Å². The minimum Gasteiger partial charge on any atom is -0.478 e. The molecule has 1 fully saturated rings. The van der Waals surface area contributed by atoms with Gasteiger partial charge in [0.15, 0.2) is 0 Å².